The molecule has 0 aliphatic heterocycles. The molecule has 0 radical (unpaired) electrons. The fourth-order valence-electron chi connectivity index (χ4n) is 6.87. The molecule has 0 atom stereocenters. The van der Waals surface area contributed by atoms with Crippen molar-refractivity contribution in [2.24, 2.45) is 0 Å². The number of methoxy groups -OCH3 is 3. The summed E-state index contributed by atoms with van der Waals surface area (Å²) in [7, 11) is 3.78. The Bertz CT molecular complexity index is 3020. The SMILES string of the molecule is COc1cc(OC)c(F)c(-c2cc3cnc(SC)nc3c(-c3cnn(CCOCCOc4cc(OC)c(F)c(-c5cc6cnc(SC)nc6c(-c6cnn(CCO)c6)n5)c4F)c3)n2)c1F. The molecule has 0 aliphatic rings. The first kappa shape index (κ1) is 45.0. The molecule has 0 amide bonds. The van der Waals surface area contributed by atoms with Gasteiger partial charge in [-0.1, -0.05) is 23.5 Å². The van der Waals surface area contributed by atoms with Crippen LogP contribution in [0, 0.1) is 23.3 Å². The van der Waals surface area contributed by atoms with Gasteiger partial charge in [-0.05, 0) is 24.6 Å². The van der Waals surface area contributed by atoms with E-state index in [2.05, 4.69) is 40.1 Å². The van der Waals surface area contributed by atoms with Gasteiger partial charge in [-0.25, -0.2) is 47.5 Å². The Morgan fingerprint density at radius 1 is 0.569 bits per heavy atom. The normalized spacial score (nSPS) is 11.5. The van der Waals surface area contributed by atoms with Crippen molar-refractivity contribution in [3.8, 4) is 68.0 Å². The number of rotatable bonds is 18. The van der Waals surface area contributed by atoms with Crippen LogP contribution in [0.25, 0.3) is 66.8 Å². The number of benzene rings is 2. The molecule has 0 fully saturated rings. The zero-order chi connectivity index (χ0) is 45.8. The molecule has 336 valence electrons. The van der Waals surface area contributed by atoms with E-state index in [4.69, 9.17) is 23.7 Å². The molecule has 6 heterocycles. The maximum atomic E-state index is 16.3. The van der Waals surface area contributed by atoms with Gasteiger partial charge in [0.25, 0.3) is 0 Å². The number of hydrogen-bond donors (Lipinski definition) is 1. The topological polar surface area (TPSA) is 179 Å². The zero-order valence-corrected chi connectivity index (χ0v) is 36.9. The summed E-state index contributed by atoms with van der Waals surface area (Å²) in [5.41, 5.74) is 1.45. The molecule has 0 bridgehead atoms. The highest BCUT2D eigenvalue weighted by molar-refractivity contribution is 7.98. The zero-order valence-electron chi connectivity index (χ0n) is 35.3. The number of nitrogens with zero attached hydrogens (tertiary/aromatic N) is 10. The average Bonchev–Trinajstić information content (AvgIpc) is 4.00. The summed E-state index contributed by atoms with van der Waals surface area (Å²) in [6.45, 7) is 0.388. The second-order valence-electron chi connectivity index (χ2n) is 13.8. The predicted molar refractivity (Wildman–Crippen MR) is 234 cm³/mol. The number of ether oxygens (including phenoxy) is 5. The molecule has 8 rings (SSSR count). The quantitative estimate of drug-likeness (QED) is 0.0386. The van der Waals surface area contributed by atoms with Crippen LogP contribution in [0.5, 0.6) is 23.0 Å². The van der Waals surface area contributed by atoms with Gasteiger partial charge >= 0.3 is 0 Å². The number of aliphatic hydroxyl groups excluding tert-OH is 1. The summed E-state index contributed by atoms with van der Waals surface area (Å²) in [4.78, 5) is 27.3. The van der Waals surface area contributed by atoms with Gasteiger partial charge in [0.1, 0.15) is 29.0 Å². The van der Waals surface area contributed by atoms with Crippen LogP contribution in [0.1, 0.15) is 0 Å². The van der Waals surface area contributed by atoms with Crippen LogP contribution in [-0.2, 0) is 17.8 Å². The Labute approximate surface area is 376 Å². The van der Waals surface area contributed by atoms with E-state index < -0.39 is 34.4 Å². The molecule has 1 N–H and O–H groups in total. The molecule has 0 aliphatic carbocycles. The lowest BCUT2D eigenvalue weighted by Gasteiger charge is -2.15. The number of fused-ring (bicyclic) bond motifs is 2. The predicted octanol–water partition coefficient (Wildman–Crippen LogP) is 7.54. The van der Waals surface area contributed by atoms with Gasteiger partial charge in [0.2, 0.25) is 0 Å². The lowest BCUT2D eigenvalue weighted by atomic mass is 10.0. The van der Waals surface area contributed by atoms with Crippen molar-refractivity contribution in [1.82, 2.24) is 49.5 Å². The molecular weight excluding hydrogens is 893 g/mol. The average molecular weight is 931 g/mol. The minimum absolute atomic E-state index is 0.0116. The maximum Gasteiger partial charge on any atom is 0.187 e. The molecular formula is C43H38F4N10O6S2. The van der Waals surface area contributed by atoms with Gasteiger partial charge in [0, 0.05) is 58.8 Å². The van der Waals surface area contributed by atoms with Gasteiger partial charge in [-0.2, -0.15) is 10.2 Å². The first-order valence-electron chi connectivity index (χ1n) is 19.6. The molecule has 6 aromatic heterocycles. The molecule has 0 spiro atoms. The molecule has 2 aromatic carbocycles. The van der Waals surface area contributed by atoms with Crippen LogP contribution in [0.15, 0.2) is 71.8 Å². The van der Waals surface area contributed by atoms with Crippen molar-refractivity contribution < 1.29 is 46.4 Å². The molecule has 65 heavy (non-hydrogen) atoms. The number of hydrogen-bond acceptors (Lipinski definition) is 16. The Morgan fingerprint density at radius 3 is 1.49 bits per heavy atom. The van der Waals surface area contributed by atoms with E-state index in [1.165, 1.54) is 67.9 Å². The van der Waals surface area contributed by atoms with Crippen LogP contribution in [0.2, 0.25) is 0 Å². The lowest BCUT2D eigenvalue weighted by Crippen LogP contribution is -2.12. The molecule has 8 aromatic rings. The first-order chi connectivity index (χ1) is 31.6. The van der Waals surface area contributed by atoms with E-state index >= 15 is 17.6 Å². The Kier molecular flexibility index (Phi) is 13.6. The van der Waals surface area contributed by atoms with E-state index in [-0.39, 0.29) is 73.9 Å². The van der Waals surface area contributed by atoms with Crippen LogP contribution in [-0.4, -0.2) is 115 Å². The Balaban J connectivity index is 0.994. The van der Waals surface area contributed by atoms with Gasteiger partial charge in [-0.15, -0.1) is 0 Å². The molecule has 22 heteroatoms. The number of thioether (sulfide) groups is 2. The second-order valence-corrected chi connectivity index (χ2v) is 15.4. The van der Waals surface area contributed by atoms with E-state index in [1.807, 2.05) is 12.5 Å². The summed E-state index contributed by atoms with van der Waals surface area (Å²) in [6, 6.07) is 5.21. The minimum Gasteiger partial charge on any atom is -0.494 e. The molecule has 0 saturated heterocycles. The van der Waals surface area contributed by atoms with Crippen molar-refractivity contribution in [1.29, 1.82) is 0 Å². The largest absolute Gasteiger partial charge is 0.494 e. The van der Waals surface area contributed by atoms with Crippen molar-refractivity contribution >= 4 is 45.3 Å². The second kappa shape index (κ2) is 19.6. The first-order valence-corrected chi connectivity index (χ1v) is 22.0. The van der Waals surface area contributed by atoms with Gasteiger partial charge < -0.3 is 28.8 Å². The third kappa shape index (κ3) is 9.06. The van der Waals surface area contributed by atoms with Crippen molar-refractivity contribution in [2.45, 2.75) is 23.4 Å². The summed E-state index contributed by atoms with van der Waals surface area (Å²) in [5.74, 6) is -4.95. The maximum absolute atomic E-state index is 16.3. The number of aliphatic hydroxyl groups is 1. The molecule has 0 unspecified atom stereocenters. The summed E-state index contributed by atoms with van der Waals surface area (Å²) >= 11 is 2.64. The van der Waals surface area contributed by atoms with E-state index in [1.54, 1.807) is 35.7 Å². The van der Waals surface area contributed by atoms with Crippen molar-refractivity contribution in [3.05, 3.63) is 84.7 Å². The van der Waals surface area contributed by atoms with E-state index in [0.29, 0.717) is 54.6 Å². The van der Waals surface area contributed by atoms with Crippen LogP contribution < -0.4 is 18.9 Å². The molecule has 16 nitrogen and oxygen atoms in total. The summed E-state index contributed by atoms with van der Waals surface area (Å²) in [6.07, 6.45) is 13.2. The Morgan fingerprint density at radius 2 is 1.03 bits per heavy atom. The monoisotopic (exact) mass is 930 g/mol. The number of halogens is 4. The highest BCUT2D eigenvalue weighted by atomic mass is 32.2. The summed E-state index contributed by atoms with van der Waals surface area (Å²) < 4.78 is 93.9. The smallest absolute Gasteiger partial charge is 0.187 e. The van der Waals surface area contributed by atoms with E-state index in [9.17, 15) is 5.11 Å². The highest BCUT2D eigenvalue weighted by Crippen LogP contribution is 2.41. The van der Waals surface area contributed by atoms with Gasteiger partial charge in [0.15, 0.2) is 56.6 Å². The molecule has 0 saturated carbocycles. The summed E-state index contributed by atoms with van der Waals surface area (Å²) in [5, 5.41) is 20.0. The highest BCUT2D eigenvalue weighted by Gasteiger charge is 2.27. The van der Waals surface area contributed by atoms with Crippen molar-refractivity contribution in [3.63, 3.8) is 0 Å². The fourth-order valence-corrected chi connectivity index (χ4v) is 7.55. The van der Waals surface area contributed by atoms with Crippen LogP contribution in [0.4, 0.5) is 17.6 Å². The van der Waals surface area contributed by atoms with Crippen LogP contribution >= 0.6 is 23.5 Å². The van der Waals surface area contributed by atoms with Gasteiger partial charge in [-0.3, -0.25) is 9.36 Å². The third-order valence-electron chi connectivity index (χ3n) is 9.98. The number of aromatic nitrogens is 10. The number of pyridine rings is 2. The lowest BCUT2D eigenvalue weighted by molar-refractivity contribution is 0.0912. The van der Waals surface area contributed by atoms with Crippen LogP contribution in [0.3, 0.4) is 0 Å². The minimum atomic E-state index is -1.01. The van der Waals surface area contributed by atoms with Gasteiger partial charge in [0.05, 0.1) is 89.1 Å². The third-order valence-corrected chi connectivity index (χ3v) is 11.1. The van der Waals surface area contributed by atoms with Crippen molar-refractivity contribution in [2.75, 3.05) is 60.3 Å². The Hall–Kier alpha value is -6.62. The van der Waals surface area contributed by atoms with E-state index in [0.717, 1.165) is 12.1 Å². The standard InChI is InChI=1S/C43H38F4N10O6S2/c1-59-28-14-29(60-2)35(45)32(34(28)44)26-12-22-16-48-43(65-5)55-39(22)41(52-26)25-19-51-57(21-25)7-9-62-10-11-63-31-15-30(61-3)36(46)33(37(31)47)27-13-23-17-49-42(64-4)54-38(23)40(53-27)24-18-50-56(20-24)6-8-58/h12-21,58H,6-11H2,1-5H3. The fraction of sp³-hybridized carbons (Fsp3) is 0.256.